The Morgan fingerprint density at radius 2 is 2.38 bits per heavy atom. The molecule has 0 amide bonds. The minimum atomic E-state index is -0.699. The highest BCUT2D eigenvalue weighted by molar-refractivity contribution is 5.30. The quantitative estimate of drug-likeness (QED) is 0.781. The number of pyridine rings is 1. The van der Waals surface area contributed by atoms with Crippen molar-refractivity contribution >= 4 is 0 Å². The van der Waals surface area contributed by atoms with Crippen molar-refractivity contribution in [3.63, 3.8) is 0 Å². The zero-order valence-corrected chi connectivity index (χ0v) is 9.70. The number of nitrogens with zero attached hydrogens (tertiary/aromatic N) is 2. The highest BCUT2D eigenvalue weighted by Gasteiger charge is 2.16. The Morgan fingerprint density at radius 1 is 1.62 bits per heavy atom. The molecule has 1 atom stereocenters. The monoisotopic (exact) mass is 219 g/mol. The first-order valence-electron chi connectivity index (χ1n) is 5.36. The van der Waals surface area contributed by atoms with Crippen molar-refractivity contribution in [2.45, 2.75) is 32.4 Å². The van der Waals surface area contributed by atoms with Gasteiger partial charge in [-0.1, -0.05) is 13.0 Å². The molecule has 0 fully saturated rings. The fourth-order valence-electron chi connectivity index (χ4n) is 1.27. The number of hydrogen-bond acceptors (Lipinski definition) is 4. The largest absolute Gasteiger partial charge is 0.389 e. The molecule has 0 aliphatic carbocycles. The second-order valence-electron chi connectivity index (χ2n) is 4.08. The minimum Gasteiger partial charge on any atom is -0.389 e. The maximum absolute atomic E-state index is 9.78. The fourth-order valence-corrected chi connectivity index (χ4v) is 1.27. The van der Waals surface area contributed by atoms with E-state index in [1.807, 2.05) is 19.1 Å². The van der Waals surface area contributed by atoms with Crippen LogP contribution in [0.15, 0.2) is 18.3 Å². The third kappa shape index (κ3) is 3.61. The molecular weight excluding hydrogens is 202 g/mol. The Labute approximate surface area is 95.9 Å². The van der Waals surface area contributed by atoms with Crippen LogP contribution in [0.3, 0.4) is 0 Å². The van der Waals surface area contributed by atoms with Gasteiger partial charge in [-0.15, -0.1) is 0 Å². The average Bonchev–Trinajstić information content (AvgIpc) is 2.29. The summed E-state index contributed by atoms with van der Waals surface area (Å²) in [6.45, 7) is 4.77. The number of aromatic nitrogens is 1. The SMILES string of the molecule is CCC(C)(O)CNCc1cccnc1C#N. The van der Waals surface area contributed by atoms with Gasteiger partial charge in [0.25, 0.3) is 0 Å². The summed E-state index contributed by atoms with van der Waals surface area (Å²) >= 11 is 0. The van der Waals surface area contributed by atoms with Crippen LogP contribution < -0.4 is 5.32 Å². The van der Waals surface area contributed by atoms with E-state index < -0.39 is 5.60 Å². The Morgan fingerprint density at radius 3 is 3.00 bits per heavy atom. The zero-order valence-electron chi connectivity index (χ0n) is 9.70. The normalized spacial score (nSPS) is 14.1. The lowest BCUT2D eigenvalue weighted by molar-refractivity contribution is 0.0555. The summed E-state index contributed by atoms with van der Waals surface area (Å²) < 4.78 is 0. The van der Waals surface area contributed by atoms with Crippen molar-refractivity contribution in [2.24, 2.45) is 0 Å². The second-order valence-corrected chi connectivity index (χ2v) is 4.08. The van der Waals surface area contributed by atoms with E-state index >= 15 is 0 Å². The van der Waals surface area contributed by atoms with Gasteiger partial charge >= 0.3 is 0 Å². The van der Waals surface area contributed by atoms with E-state index in [2.05, 4.69) is 10.3 Å². The topological polar surface area (TPSA) is 68.9 Å². The van der Waals surface area contributed by atoms with Gasteiger partial charge in [0.1, 0.15) is 11.8 Å². The molecule has 0 saturated heterocycles. The van der Waals surface area contributed by atoms with E-state index in [4.69, 9.17) is 5.26 Å². The van der Waals surface area contributed by atoms with E-state index in [-0.39, 0.29) is 0 Å². The molecule has 0 aromatic carbocycles. The van der Waals surface area contributed by atoms with Gasteiger partial charge < -0.3 is 10.4 Å². The summed E-state index contributed by atoms with van der Waals surface area (Å²) in [6, 6.07) is 5.71. The highest BCUT2D eigenvalue weighted by Crippen LogP contribution is 2.08. The van der Waals surface area contributed by atoms with Gasteiger partial charge in [-0.05, 0) is 19.4 Å². The summed E-state index contributed by atoms with van der Waals surface area (Å²) in [5, 5.41) is 21.7. The van der Waals surface area contributed by atoms with Gasteiger partial charge in [-0.3, -0.25) is 0 Å². The van der Waals surface area contributed by atoms with E-state index in [9.17, 15) is 5.11 Å². The number of hydrogen-bond donors (Lipinski definition) is 2. The summed E-state index contributed by atoms with van der Waals surface area (Å²) in [4.78, 5) is 3.97. The molecule has 1 aromatic rings. The van der Waals surface area contributed by atoms with Crippen molar-refractivity contribution in [3.8, 4) is 6.07 Å². The predicted octanol–water partition coefficient (Wildman–Crippen LogP) is 1.20. The fraction of sp³-hybridized carbons (Fsp3) is 0.500. The van der Waals surface area contributed by atoms with Gasteiger partial charge in [0.15, 0.2) is 0 Å². The minimum absolute atomic E-state index is 0.436. The number of nitriles is 1. The number of aliphatic hydroxyl groups is 1. The zero-order chi connectivity index (χ0) is 12.0. The molecule has 0 spiro atoms. The molecule has 2 N–H and O–H groups in total. The molecule has 16 heavy (non-hydrogen) atoms. The lowest BCUT2D eigenvalue weighted by atomic mass is 10.0. The summed E-state index contributed by atoms with van der Waals surface area (Å²) in [5.74, 6) is 0. The van der Waals surface area contributed by atoms with Gasteiger partial charge in [0.2, 0.25) is 0 Å². The lowest BCUT2D eigenvalue weighted by Crippen LogP contribution is -2.36. The van der Waals surface area contributed by atoms with E-state index in [1.54, 1.807) is 19.2 Å². The first kappa shape index (κ1) is 12.6. The number of rotatable bonds is 5. The maximum Gasteiger partial charge on any atom is 0.144 e. The van der Waals surface area contributed by atoms with E-state index in [0.29, 0.717) is 25.2 Å². The molecule has 1 aromatic heterocycles. The Bertz CT molecular complexity index is 382. The molecule has 0 saturated carbocycles. The lowest BCUT2D eigenvalue weighted by Gasteiger charge is -2.21. The molecule has 4 nitrogen and oxygen atoms in total. The highest BCUT2D eigenvalue weighted by atomic mass is 16.3. The predicted molar refractivity (Wildman–Crippen MR) is 61.6 cm³/mol. The van der Waals surface area contributed by atoms with Crippen molar-refractivity contribution in [1.82, 2.24) is 10.3 Å². The van der Waals surface area contributed by atoms with Crippen LogP contribution in [0, 0.1) is 11.3 Å². The van der Waals surface area contributed by atoms with Crippen LogP contribution in [0.25, 0.3) is 0 Å². The molecule has 1 unspecified atom stereocenters. The number of nitrogens with one attached hydrogen (secondary N) is 1. The Hall–Kier alpha value is -1.44. The summed E-state index contributed by atoms with van der Waals surface area (Å²) in [5.41, 5.74) is 0.595. The van der Waals surface area contributed by atoms with Crippen molar-refractivity contribution < 1.29 is 5.11 Å². The first-order valence-corrected chi connectivity index (χ1v) is 5.36. The maximum atomic E-state index is 9.78. The molecule has 0 bridgehead atoms. The average molecular weight is 219 g/mol. The van der Waals surface area contributed by atoms with Crippen LogP contribution in [0.4, 0.5) is 0 Å². The van der Waals surface area contributed by atoms with Gasteiger partial charge in [0, 0.05) is 24.8 Å². The van der Waals surface area contributed by atoms with Crippen LogP contribution >= 0.6 is 0 Å². The third-order valence-corrected chi connectivity index (χ3v) is 2.58. The smallest absolute Gasteiger partial charge is 0.144 e. The Balaban J connectivity index is 2.53. The molecule has 86 valence electrons. The van der Waals surface area contributed by atoms with Crippen LogP contribution in [0.2, 0.25) is 0 Å². The standard InChI is InChI=1S/C12H17N3O/c1-3-12(2,16)9-14-8-10-5-4-6-15-11(10)7-13/h4-6,14,16H,3,8-9H2,1-2H3. The van der Waals surface area contributed by atoms with Crippen molar-refractivity contribution in [3.05, 3.63) is 29.6 Å². The van der Waals surface area contributed by atoms with Crippen molar-refractivity contribution in [1.29, 1.82) is 5.26 Å². The molecular formula is C12H17N3O. The second kappa shape index (κ2) is 5.59. The first-order chi connectivity index (χ1) is 7.59. The third-order valence-electron chi connectivity index (χ3n) is 2.58. The van der Waals surface area contributed by atoms with E-state index in [1.165, 1.54) is 0 Å². The van der Waals surface area contributed by atoms with Crippen LogP contribution in [0.1, 0.15) is 31.5 Å². The molecule has 4 heteroatoms. The van der Waals surface area contributed by atoms with E-state index in [0.717, 1.165) is 5.56 Å². The summed E-state index contributed by atoms with van der Waals surface area (Å²) in [6.07, 6.45) is 2.29. The van der Waals surface area contributed by atoms with Crippen LogP contribution in [-0.2, 0) is 6.54 Å². The summed E-state index contributed by atoms with van der Waals surface area (Å²) in [7, 11) is 0. The molecule has 0 aliphatic rings. The van der Waals surface area contributed by atoms with Crippen LogP contribution in [0.5, 0.6) is 0 Å². The van der Waals surface area contributed by atoms with Crippen LogP contribution in [-0.4, -0.2) is 22.2 Å². The Kier molecular flexibility index (Phi) is 4.41. The van der Waals surface area contributed by atoms with Gasteiger partial charge in [0.05, 0.1) is 5.60 Å². The van der Waals surface area contributed by atoms with Gasteiger partial charge in [-0.2, -0.15) is 5.26 Å². The molecule has 0 aliphatic heterocycles. The molecule has 0 radical (unpaired) electrons. The molecule has 1 heterocycles. The molecule has 1 rings (SSSR count). The van der Waals surface area contributed by atoms with Crippen molar-refractivity contribution in [2.75, 3.05) is 6.54 Å². The van der Waals surface area contributed by atoms with Gasteiger partial charge in [-0.25, -0.2) is 4.98 Å².